The number of carbonyl (C=O) groups is 1. The summed E-state index contributed by atoms with van der Waals surface area (Å²) in [6.45, 7) is 10.4. The average Bonchev–Trinajstić information content (AvgIpc) is 2.36. The van der Waals surface area contributed by atoms with Crippen LogP contribution in [0.1, 0.15) is 47.5 Å². The van der Waals surface area contributed by atoms with Crippen molar-refractivity contribution in [2.24, 2.45) is 0 Å². The Bertz CT molecular complexity index is 508. The van der Waals surface area contributed by atoms with E-state index in [2.05, 4.69) is 18.8 Å². The van der Waals surface area contributed by atoms with Gasteiger partial charge >= 0.3 is 6.09 Å². The van der Waals surface area contributed by atoms with Crippen molar-refractivity contribution < 1.29 is 14.3 Å². The van der Waals surface area contributed by atoms with Crippen LogP contribution in [0.3, 0.4) is 0 Å². The quantitative estimate of drug-likeness (QED) is 0.837. The van der Waals surface area contributed by atoms with E-state index in [1.165, 1.54) is 0 Å². The number of hydrogen-bond acceptors (Lipinski definition) is 4. The molecular formula is C17H26N2O3. The molecule has 1 unspecified atom stereocenters. The highest BCUT2D eigenvalue weighted by Crippen LogP contribution is 2.31. The van der Waals surface area contributed by atoms with Crippen LogP contribution in [0.4, 0.5) is 4.79 Å². The molecule has 22 heavy (non-hydrogen) atoms. The van der Waals surface area contributed by atoms with Gasteiger partial charge in [0, 0.05) is 37.3 Å². The maximum Gasteiger partial charge on any atom is 0.410 e. The molecule has 2 heterocycles. The largest absolute Gasteiger partial charge is 0.490 e. The molecule has 1 aliphatic heterocycles. The molecule has 2 rings (SSSR count). The molecule has 0 bridgehead atoms. The van der Waals surface area contributed by atoms with E-state index in [1.54, 1.807) is 12.4 Å². The second-order valence-corrected chi connectivity index (χ2v) is 7.36. The fourth-order valence-electron chi connectivity index (χ4n) is 2.71. The van der Waals surface area contributed by atoms with Gasteiger partial charge in [0.2, 0.25) is 0 Å². The van der Waals surface area contributed by atoms with Gasteiger partial charge in [-0.3, -0.25) is 4.98 Å². The SMILES string of the molecule is CC(C)(C)OC(=O)N1CCC(Oc2ccncc2)CC1(C)C. The highest BCUT2D eigenvalue weighted by Gasteiger charge is 2.40. The molecule has 0 saturated carbocycles. The maximum absolute atomic E-state index is 12.3. The predicted molar refractivity (Wildman–Crippen MR) is 84.9 cm³/mol. The van der Waals surface area contributed by atoms with Gasteiger partial charge in [-0.25, -0.2) is 4.79 Å². The zero-order chi connectivity index (χ0) is 16.4. The van der Waals surface area contributed by atoms with E-state index in [-0.39, 0.29) is 17.7 Å². The van der Waals surface area contributed by atoms with Gasteiger partial charge in [0.1, 0.15) is 17.5 Å². The zero-order valence-corrected chi connectivity index (χ0v) is 14.1. The van der Waals surface area contributed by atoms with Crippen molar-refractivity contribution in [1.82, 2.24) is 9.88 Å². The molecule has 5 nitrogen and oxygen atoms in total. The Morgan fingerprint density at radius 3 is 2.50 bits per heavy atom. The summed E-state index contributed by atoms with van der Waals surface area (Å²) < 4.78 is 11.5. The summed E-state index contributed by atoms with van der Waals surface area (Å²) >= 11 is 0. The molecule has 0 aliphatic carbocycles. The van der Waals surface area contributed by atoms with Gasteiger partial charge < -0.3 is 14.4 Å². The van der Waals surface area contributed by atoms with Gasteiger partial charge in [0.05, 0.1) is 0 Å². The minimum atomic E-state index is -0.475. The molecule has 122 valence electrons. The monoisotopic (exact) mass is 306 g/mol. The van der Waals surface area contributed by atoms with E-state index in [9.17, 15) is 4.79 Å². The summed E-state index contributed by atoms with van der Waals surface area (Å²) in [7, 11) is 0. The van der Waals surface area contributed by atoms with Crippen molar-refractivity contribution in [2.75, 3.05) is 6.54 Å². The number of hydrogen-bond donors (Lipinski definition) is 0. The Morgan fingerprint density at radius 1 is 1.32 bits per heavy atom. The third-order valence-electron chi connectivity index (χ3n) is 3.70. The number of amides is 1. The second-order valence-electron chi connectivity index (χ2n) is 7.36. The molecule has 1 amide bonds. The number of carbonyl (C=O) groups excluding carboxylic acids is 1. The summed E-state index contributed by atoms with van der Waals surface area (Å²) in [5.74, 6) is 0.821. The van der Waals surface area contributed by atoms with Crippen LogP contribution >= 0.6 is 0 Å². The Morgan fingerprint density at radius 2 is 1.95 bits per heavy atom. The average molecular weight is 306 g/mol. The summed E-state index contributed by atoms with van der Waals surface area (Å²) in [6.07, 6.45) is 4.85. The van der Waals surface area contributed by atoms with Crippen LogP contribution in [0, 0.1) is 0 Å². The number of aromatic nitrogens is 1. The smallest absolute Gasteiger partial charge is 0.410 e. The molecule has 5 heteroatoms. The molecule has 1 aromatic heterocycles. The fraction of sp³-hybridized carbons (Fsp3) is 0.647. The van der Waals surface area contributed by atoms with E-state index < -0.39 is 5.60 Å². The number of likely N-dealkylation sites (tertiary alicyclic amines) is 1. The van der Waals surface area contributed by atoms with Crippen molar-refractivity contribution in [2.45, 2.75) is 64.7 Å². The summed E-state index contributed by atoms with van der Waals surface area (Å²) in [5.41, 5.74) is -0.768. The minimum absolute atomic E-state index is 0.0936. The number of nitrogens with zero attached hydrogens (tertiary/aromatic N) is 2. The third kappa shape index (κ3) is 4.36. The van der Waals surface area contributed by atoms with Gasteiger partial charge in [0.15, 0.2) is 0 Å². The number of ether oxygens (including phenoxy) is 2. The fourth-order valence-corrected chi connectivity index (χ4v) is 2.71. The van der Waals surface area contributed by atoms with E-state index in [0.29, 0.717) is 6.54 Å². The van der Waals surface area contributed by atoms with Gasteiger partial charge in [0.25, 0.3) is 0 Å². The molecular weight excluding hydrogens is 280 g/mol. The lowest BCUT2D eigenvalue weighted by atomic mass is 9.89. The van der Waals surface area contributed by atoms with Gasteiger partial charge in [-0.1, -0.05) is 0 Å². The van der Waals surface area contributed by atoms with Crippen LogP contribution in [0.2, 0.25) is 0 Å². The Hall–Kier alpha value is -1.78. The number of rotatable bonds is 2. The first-order valence-electron chi connectivity index (χ1n) is 7.75. The predicted octanol–water partition coefficient (Wildman–Crippen LogP) is 3.64. The van der Waals surface area contributed by atoms with Crippen LogP contribution in [0.5, 0.6) is 5.75 Å². The van der Waals surface area contributed by atoms with E-state index in [4.69, 9.17) is 9.47 Å². The molecule has 0 aromatic carbocycles. The first-order valence-corrected chi connectivity index (χ1v) is 7.75. The lowest BCUT2D eigenvalue weighted by Crippen LogP contribution is -2.56. The maximum atomic E-state index is 12.3. The van der Waals surface area contributed by atoms with Crippen LogP contribution in [0.25, 0.3) is 0 Å². The van der Waals surface area contributed by atoms with Crippen molar-refractivity contribution in [1.29, 1.82) is 0 Å². The lowest BCUT2D eigenvalue weighted by molar-refractivity contribution is -0.0262. The van der Waals surface area contributed by atoms with Gasteiger partial charge in [-0.2, -0.15) is 0 Å². The molecule has 0 spiro atoms. The highest BCUT2D eigenvalue weighted by atomic mass is 16.6. The van der Waals surface area contributed by atoms with Gasteiger partial charge in [-0.15, -0.1) is 0 Å². The lowest BCUT2D eigenvalue weighted by Gasteiger charge is -2.45. The Labute approximate surface area is 132 Å². The van der Waals surface area contributed by atoms with E-state index in [0.717, 1.165) is 18.6 Å². The Balaban J connectivity index is 1.99. The summed E-state index contributed by atoms with van der Waals surface area (Å²) in [6, 6.07) is 3.71. The highest BCUT2D eigenvalue weighted by molar-refractivity contribution is 5.69. The summed E-state index contributed by atoms with van der Waals surface area (Å²) in [5, 5.41) is 0. The van der Waals surface area contributed by atoms with Crippen LogP contribution in [0.15, 0.2) is 24.5 Å². The Kier molecular flexibility index (Phi) is 4.63. The van der Waals surface area contributed by atoms with Crippen molar-refractivity contribution in [3.05, 3.63) is 24.5 Å². The molecule has 1 saturated heterocycles. The number of pyridine rings is 1. The van der Waals surface area contributed by atoms with Crippen LogP contribution < -0.4 is 4.74 Å². The molecule has 1 aromatic rings. The van der Waals surface area contributed by atoms with Crippen molar-refractivity contribution >= 4 is 6.09 Å². The first-order chi connectivity index (χ1) is 10.2. The molecule has 1 aliphatic rings. The van der Waals surface area contributed by atoms with Crippen LogP contribution in [-0.2, 0) is 4.74 Å². The van der Waals surface area contributed by atoms with E-state index in [1.807, 2.05) is 37.8 Å². The molecule has 1 fully saturated rings. The molecule has 0 N–H and O–H groups in total. The van der Waals surface area contributed by atoms with Crippen molar-refractivity contribution in [3.8, 4) is 5.75 Å². The normalized spacial score (nSPS) is 21.3. The first kappa shape index (κ1) is 16.6. The third-order valence-corrected chi connectivity index (χ3v) is 3.70. The minimum Gasteiger partial charge on any atom is -0.490 e. The molecule has 1 atom stereocenters. The number of piperidine rings is 1. The topological polar surface area (TPSA) is 51.7 Å². The van der Waals surface area contributed by atoms with E-state index >= 15 is 0 Å². The second kappa shape index (κ2) is 6.15. The standard InChI is InChI=1S/C17H26N2O3/c1-16(2,3)22-15(20)19-11-8-14(12-17(19,4)5)21-13-6-9-18-10-7-13/h6-7,9-10,14H,8,11-12H2,1-5H3. The van der Waals surface area contributed by atoms with Gasteiger partial charge in [-0.05, 0) is 46.8 Å². The summed E-state index contributed by atoms with van der Waals surface area (Å²) in [4.78, 5) is 18.1. The van der Waals surface area contributed by atoms with Crippen LogP contribution in [-0.4, -0.2) is 39.8 Å². The zero-order valence-electron chi connectivity index (χ0n) is 14.1. The molecule has 0 radical (unpaired) electrons. The van der Waals surface area contributed by atoms with Crippen molar-refractivity contribution in [3.63, 3.8) is 0 Å².